The zero-order chi connectivity index (χ0) is 13.8. The molecule has 1 aromatic heterocycles. The van der Waals surface area contributed by atoms with Crippen LogP contribution in [0.15, 0.2) is 30.5 Å². The SMILES string of the molecule is C[C@@H](CCC(=O)O)NC(=O)c1cccc2cc[nH]c12. The number of H-pyrrole nitrogens is 1. The van der Waals surface area contributed by atoms with Crippen LogP contribution in [0.3, 0.4) is 0 Å². The zero-order valence-corrected chi connectivity index (χ0v) is 10.6. The highest BCUT2D eigenvalue weighted by Gasteiger charge is 2.13. The standard InChI is InChI=1S/C14H16N2O3/c1-9(5-6-12(17)18)16-14(19)11-4-2-3-10-7-8-15-13(10)11/h2-4,7-9,15H,5-6H2,1H3,(H,16,19)(H,17,18)/t9-/m0/s1. The summed E-state index contributed by atoms with van der Waals surface area (Å²) in [6.07, 6.45) is 2.26. The first-order valence-corrected chi connectivity index (χ1v) is 6.16. The molecule has 5 nitrogen and oxygen atoms in total. The highest BCUT2D eigenvalue weighted by Crippen LogP contribution is 2.17. The van der Waals surface area contributed by atoms with Gasteiger partial charge in [-0.15, -0.1) is 0 Å². The highest BCUT2D eigenvalue weighted by molar-refractivity contribution is 6.05. The molecule has 0 saturated heterocycles. The van der Waals surface area contributed by atoms with Gasteiger partial charge in [0.2, 0.25) is 0 Å². The van der Waals surface area contributed by atoms with Gasteiger partial charge in [0.25, 0.3) is 5.91 Å². The van der Waals surface area contributed by atoms with Crippen LogP contribution in [0, 0.1) is 0 Å². The minimum absolute atomic E-state index is 0.0498. The molecule has 0 aliphatic heterocycles. The van der Waals surface area contributed by atoms with E-state index in [2.05, 4.69) is 10.3 Å². The zero-order valence-electron chi connectivity index (χ0n) is 10.6. The van der Waals surface area contributed by atoms with Crippen LogP contribution in [0.4, 0.5) is 0 Å². The number of carboxylic acids is 1. The van der Waals surface area contributed by atoms with Crippen LogP contribution in [0.5, 0.6) is 0 Å². The van der Waals surface area contributed by atoms with Gasteiger partial charge in [-0.05, 0) is 25.5 Å². The van der Waals surface area contributed by atoms with E-state index in [1.807, 2.05) is 18.2 Å². The number of carbonyl (C=O) groups is 2. The fourth-order valence-electron chi connectivity index (χ4n) is 1.99. The van der Waals surface area contributed by atoms with Gasteiger partial charge >= 0.3 is 5.97 Å². The third kappa shape index (κ3) is 3.13. The number of benzene rings is 1. The number of hydrogen-bond acceptors (Lipinski definition) is 2. The normalized spacial score (nSPS) is 12.3. The van der Waals surface area contributed by atoms with E-state index in [9.17, 15) is 9.59 Å². The van der Waals surface area contributed by atoms with E-state index < -0.39 is 5.97 Å². The summed E-state index contributed by atoms with van der Waals surface area (Å²) in [6, 6.07) is 7.23. The van der Waals surface area contributed by atoms with Crippen molar-refractivity contribution in [3.05, 3.63) is 36.0 Å². The van der Waals surface area contributed by atoms with Gasteiger partial charge in [0, 0.05) is 24.0 Å². The summed E-state index contributed by atoms with van der Waals surface area (Å²) >= 11 is 0. The van der Waals surface area contributed by atoms with Gasteiger partial charge in [0.15, 0.2) is 0 Å². The molecule has 1 atom stereocenters. The molecule has 1 heterocycles. The number of hydrogen-bond donors (Lipinski definition) is 3. The number of aromatic amines is 1. The molecule has 0 saturated carbocycles. The maximum atomic E-state index is 12.1. The largest absolute Gasteiger partial charge is 0.481 e. The molecule has 2 aromatic rings. The second-order valence-electron chi connectivity index (χ2n) is 4.55. The summed E-state index contributed by atoms with van der Waals surface area (Å²) in [4.78, 5) is 25.7. The first-order chi connectivity index (χ1) is 9.08. The van der Waals surface area contributed by atoms with E-state index in [-0.39, 0.29) is 18.4 Å². The van der Waals surface area contributed by atoms with Crippen LogP contribution >= 0.6 is 0 Å². The number of para-hydroxylation sites is 1. The molecule has 1 aromatic carbocycles. The summed E-state index contributed by atoms with van der Waals surface area (Å²) in [5.41, 5.74) is 1.37. The molecule has 0 aliphatic rings. The molecule has 5 heteroatoms. The third-order valence-electron chi connectivity index (χ3n) is 3.00. The Kier molecular flexibility index (Phi) is 3.85. The van der Waals surface area contributed by atoms with E-state index in [1.165, 1.54) is 0 Å². The van der Waals surface area contributed by atoms with Crippen molar-refractivity contribution in [2.24, 2.45) is 0 Å². The number of aliphatic carboxylic acids is 1. The fourth-order valence-corrected chi connectivity index (χ4v) is 1.99. The van der Waals surface area contributed by atoms with Gasteiger partial charge in [-0.1, -0.05) is 12.1 Å². The number of carbonyl (C=O) groups excluding carboxylic acids is 1. The molecule has 2 rings (SSSR count). The molecule has 0 unspecified atom stereocenters. The van der Waals surface area contributed by atoms with Gasteiger partial charge in [0.05, 0.1) is 11.1 Å². The van der Waals surface area contributed by atoms with Crippen LogP contribution in [0.2, 0.25) is 0 Å². The van der Waals surface area contributed by atoms with Crippen molar-refractivity contribution in [1.29, 1.82) is 0 Å². The topological polar surface area (TPSA) is 82.2 Å². The molecule has 19 heavy (non-hydrogen) atoms. The van der Waals surface area contributed by atoms with Crippen molar-refractivity contribution in [2.45, 2.75) is 25.8 Å². The Hall–Kier alpha value is -2.30. The number of amides is 1. The highest BCUT2D eigenvalue weighted by atomic mass is 16.4. The lowest BCUT2D eigenvalue weighted by Gasteiger charge is -2.13. The van der Waals surface area contributed by atoms with Crippen molar-refractivity contribution in [3.8, 4) is 0 Å². The molecular formula is C14H16N2O3. The van der Waals surface area contributed by atoms with E-state index in [1.54, 1.807) is 19.2 Å². The number of aromatic nitrogens is 1. The van der Waals surface area contributed by atoms with E-state index >= 15 is 0 Å². The number of nitrogens with one attached hydrogen (secondary N) is 2. The summed E-state index contributed by atoms with van der Waals surface area (Å²) < 4.78 is 0. The summed E-state index contributed by atoms with van der Waals surface area (Å²) in [5.74, 6) is -1.04. The molecule has 0 aliphatic carbocycles. The smallest absolute Gasteiger partial charge is 0.303 e. The first kappa shape index (κ1) is 13.1. The first-order valence-electron chi connectivity index (χ1n) is 6.16. The third-order valence-corrected chi connectivity index (χ3v) is 3.00. The van der Waals surface area contributed by atoms with Gasteiger partial charge in [0.1, 0.15) is 0 Å². The Morgan fingerprint density at radius 2 is 2.16 bits per heavy atom. The number of rotatable bonds is 5. The second kappa shape index (κ2) is 5.56. The Morgan fingerprint density at radius 3 is 2.89 bits per heavy atom. The van der Waals surface area contributed by atoms with Crippen molar-refractivity contribution in [2.75, 3.05) is 0 Å². The lowest BCUT2D eigenvalue weighted by Crippen LogP contribution is -2.33. The summed E-state index contributed by atoms with van der Waals surface area (Å²) in [6.45, 7) is 1.80. The average Bonchev–Trinajstić information content (AvgIpc) is 2.84. The maximum absolute atomic E-state index is 12.1. The van der Waals surface area contributed by atoms with Crippen LogP contribution in [-0.4, -0.2) is 28.0 Å². The molecule has 100 valence electrons. The van der Waals surface area contributed by atoms with Crippen molar-refractivity contribution < 1.29 is 14.7 Å². The predicted molar refractivity (Wildman–Crippen MR) is 72.1 cm³/mol. The quantitative estimate of drug-likeness (QED) is 0.770. The van der Waals surface area contributed by atoms with E-state index in [4.69, 9.17) is 5.11 Å². The summed E-state index contributed by atoms with van der Waals surface area (Å²) in [7, 11) is 0. The maximum Gasteiger partial charge on any atom is 0.303 e. The van der Waals surface area contributed by atoms with E-state index in [0.29, 0.717) is 12.0 Å². The lowest BCUT2D eigenvalue weighted by atomic mass is 10.1. The Balaban J connectivity index is 2.07. The Bertz CT molecular complexity index is 604. The van der Waals surface area contributed by atoms with Crippen LogP contribution in [0.25, 0.3) is 10.9 Å². The summed E-state index contributed by atoms with van der Waals surface area (Å²) in [5, 5.41) is 12.4. The molecule has 0 spiro atoms. The van der Waals surface area contributed by atoms with Crippen molar-refractivity contribution in [3.63, 3.8) is 0 Å². The van der Waals surface area contributed by atoms with Gasteiger partial charge in [-0.2, -0.15) is 0 Å². The van der Waals surface area contributed by atoms with Crippen molar-refractivity contribution >= 4 is 22.8 Å². The molecule has 0 bridgehead atoms. The average molecular weight is 260 g/mol. The molecule has 0 radical (unpaired) electrons. The van der Waals surface area contributed by atoms with Crippen LogP contribution in [-0.2, 0) is 4.79 Å². The minimum Gasteiger partial charge on any atom is -0.481 e. The van der Waals surface area contributed by atoms with Crippen LogP contribution < -0.4 is 5.32 Å². The minimum atomic E-state index is -0.854. The molecular weight excluding hydrogens is 244 g/mol. The number of fused-ring (bicyclic) bond motifs is 1. The van der Waals surface area contributed by atoms with Gasteiger partial charge < -0.3 is 15.4 Å². The monoisotopic (exact) mass is 260 g/mol. The second-order valence-corrected chi connectivity index (χ2v) is 4.55. The molecule has 1 amide bonds. The molecule has 0 fully saturated rings. The Labute approximate surface area is 110 Å². The van der Waals surface area contributed by atoms with Crippen LogP contribution in [0.1, 0.15) is 30.1 Å². The van der Waals surface area contributed by atoms with Gasteiger partial charge in [-0.3, -0.25) is 9.59 Å². The Morgan fingerprint density at radius 1 is 1.37 bits per heavy atom. The lowest BCUT2D eigenvalue weighted by molar-refractivity contribution is -0.137. The fraction of sp³-hybridized carbons (Fsp3) is 0.286. The van der Waals surface area contributed by atoms with E-state index in [0.717, 1.165) is 10.9 Å². The van der Waals surface area contributed by atoms with Crippen molar-refractivity contribution in [1.82, 2.24) is 10.3 Å². The predicted octanol–water partition coefficient (Wildman–Crippen LogP) is 2.15. The van der Waals surface area contributed by atoms with Gasteiger partial charge in [-0.25, -0.2) is 0 Å². The molecule has 3 N–H and O–H groups in total. The number of carboxylic acid groups (broad SMARTS) is 1.